The molecule has 2 saturated heterocycles. The van der Waals surface area contributed by atoms with Crippen molar-refractivity contribution in [1.29, 1.82) is 0 Å². The second-order valence-corrected chi connectivity index (χ2v) is 14.2. The van der Waals surface area contributed by atoms with Crippen LogP contribution in [0.15, 0.2) is 29.7 Å². The smallest absolute Gasteiger partial charge is 0.320 e. The molecule has 10 heteroatoms. The van der Waals surface area contributed by atoms with Crippen LogP contribution in [0.3, 0.4) is 0 Å². The molecule has 0 unspecified atom stereocenters. The Morgan fingerprint density at radius 3 is 2.31 bits per heavy atom. The van der Waals surface area contributed by atoms with Crippen LogP contribution in [0.1, 0.15) is 61.9 Å². The molecule has 186 valence electrons. The van der Waals surface area contributed by atoms with Gasteiger partial charge in [-0.25, -0.2) is 22.9 Å². The topological polar surface area (TPSA) is 101 Å². The molecule has 2 aliphatic heterocycles. The van der Waals surface area contributed by atoms with E-state index in [1.54, 1.807) is 12.3 Å². The van der Waals surface area contributed by atoms with Crippen molar-refractivity contribution >= 4 is 15.9 Å². The Morgan fingerprint density at radius 1 is 1.03 bits per heavy atom. The highest BCUT2D eigenvalue weighted by Gasteiger charge is 2.58. The number of sulfone groups is 1. The molecule has 2 aromatic heterocycles. The van der Waals surface area contributed by atoms with Gasteiger partial charge in [0.15, 0.2) is 15.7 Å². The van der Waals surface area contributed by atoms with E-state index in [0.29, 0.717) is 28.2 Å². The summed E-state index contributed by atoms with van der Waals surface area (Å²) < 4.78 is 25.6. The molecule has 0 radical (unpaired) electrons. The van der Waals surface area contributed by atoms with E-state index in [0.717, 1.165) is 69.7 Å². The Balaban J connectivity index is 0.855. The van der Waals surface area contributed by atoms with Crippen molar-refractivity contribution in [2.45, 2.75) is 61.8 Å². The third kappa shape index (κ3) is 3.75. The molecule has 2 amide bonds. The number of hydrogen-bond donors (Lipinski definition) is 0. The van der Waals surface area contributed by atoms with Crippen molar-refractivity contribution in [3.8, 4) is 0 Å². The van der Waals surface area contributed by atoms with Gasteiger partial charge in [0.2, 0.25) is 0 Å². The van der Waals surface area contributed by atoms with Gasteiger partial charge in [0.05, 0.1) is 10.9 Å². The molecule has 2 spiro atoms. The fourth-order valence-electron chi connectivity index (χ4n) is 7.05. The van der Waals surface area contributed by atoms with E-state index in [1.807, 2.05) is 16.1 Å². The van der Waals surface area contributed by atoms with Crippen LogP contribution in [0.5, 0.6) is 0 Å². The summed E-state index contributed by atoms with van der Waals surface area (Å²) in [5.74, 6) is 2.15. The normalized spacial score (nSPS) is 25.2. The van der Waals surface area contributed by atoms with Gasteiger partial charge in [-0.05, 0) is 62.5 Å². The maximum absolute atomic E-state index is 13.0. The first-order valence-electron chi connectivity index (χ1n) is 12.8. The van der Waals surface area contributed by atoms with Crippen LogP contribution in [0.2, 0.25) is 0 Å². The number of carbonyl (C=O) groups is 1. The summed E-state index contributed by atoms with van der Waals surface area (Å²) in [4.78, 5) is 25.9. The lowest BCUT2D eigenvalue weighted by Crippen LogP contribution is -2.71. The van der Waals surface area contributed by atoms with Gasteiger partial charge in [-0.3, -0.25) is 4.98 Å². The summed E-state index contributed by atoms with van der Waals surface area (Å²) in [6, 6.07) is 2.40. The largest absolute Gasteiger partial charge is 0.323 e. The zero-order chi connectivity index (χ0) is 24.0. The highest BCUT2D eigenvalue weighted by Crippen LogP contribution is 2.56. The molecule has 2 aromatic rings. The molecule has 5 aliphatic rings. The van der Waals surface area contributed by atoms with E-state index >= 15 is 0 Å². The number of likely N-dealkylation sites (tertiary alicyclic amines) is 2. The Bertz CT molecular complexity index is 1270. The second kappa shape index (κ2) is 7.27. The van der Waals surface area contributed by atoms with Crippen LogP contribution >= 0.6 is 0 Å². The van der Waals surface area contributed by atoms with Crippen molar-refractivity contribution in [1.82, 2.24) is 29.5 Å². The minimum absolute atomic E-state index is 0.204. The number of carbonyl (C=O) groups excluding carboxylic acids is 1. The summed E-state index contributed by atoms with van der Waals surface area (Å²) in [6.45, 7) is 3.47. The summed E-state index contributed by atoms with van der Waals surface area (Å²) in [5.41, 5.74) is 1.56. The van der Waals surface area contributed by atoms with E-state index in [2.05, 4.69) is 19.7 Å². The van der Waals surface area contributed by atoms with Crippen LogP contribution in [-0.4, -0.2) is 76.4 Å². The summed E-state index contributed by atoms with van der Waals surface area (Å²) in [7, 11) is -3.23. The third-order valence-corrected chi connectivity index (χ3v) is 10.1. The van der Waals surface area contributed by atoms with Crippen molar-refractivity contribution < 1.29 is 13.2 Å². The maximum atomic E-state index is 13.0. The molecule has 0 N–H and O–H groups in total. The highest BCUT2D eigenvalue weighted by molar-refractivity contribution is 7.90. The quantitative estimate of drug-likeness (QED) is 0.631. The fraction of sp³-hybridized carbons (Fsp3) is 0.680. The van der Waals surface area contributed by atoms with Gasteiger partial charge in [0.1, 0.15) is 6.33 Å². The van der Waals surface area contributed by atoms with Gasteiger partial charge in [-0.2, -0.15) is 5.10 Å². The molecule has 3 aliphatic carbocycles. The predicted molar refractivity (Wildman–Crippen MR) is 127 cm³/mol. The van der Waals surface area contributed by atoms with Crippen LogP contribution < -0.4 is 0 Å². The number of amides is 2. The van der Waals surface area contributed by atoms with Crippen molar-refractivity contribution in [2.75, 3.05) is 32.4 Å². The van der Waals surface area contributed by atoms with Crippen LogP contribution in [0, 0.1) is 16.7 Å². The molecule has 4 heterocycles. The lowest BCUT2D eigenvalue weighted by molar-refractivity contribution is -0.107. The van der Waals surface area contributed by atoms with Gasteiger partial charge in [-0.1, -0.05) is 0 Å². The molecule has 3 saturated carbocycles. The number of pyridine rings is 1. The van der Waals surface area contributed by atoms with E-state index in [1.165, 1.54) is 25.3 Å². The first kappa shape index (κ1) is 21.8. The van der Waals surface area contributed by atoms with Crippen molar-refractivity contribution in [3.05, 3.63) is 36.2 Å². The SMILES string of the molecule is CS(=O)(=O)c1cncc(CC2CC3(C2)CN(C(=O)N2CC4(CC(n5cnc(C6CC6)n5)C4)C2)C3)c1. The Hall–Kier alpha value is -2.49. The molecule has 5 fully saturated rings. The second-order valence-electron chi connectivity index (χ2n) is 12.2. The first-order valence-corrected chi connectivity index (χ1v) is 14.7. The molecular formula is C25H32N6O3S. The predicted octanol–water partition coefficient (Wildman–Crippen LogP) is 2.67. The Labute approximate surface area is 205 Å². The van der Waals surface area contributed by atoms with Crippen molar-refractivity contribution in [2.24, 2.45) is 16.7 Å². The molecular weight excluding hydrogens is 464 g/mol. The average Bonchev–Trinajstić information content (AvgIpc) is 3.44. The molecule has 0 atom stereocenters. The van der Waals surface area contributed by atoms with E-state index < -0.39 is 9.84 Å². The summed E-state index contributed by atoms with van der Waals surface area (Å²) in [6.07, 6.45) is 14.0. The zero-order valence-electron chi connectivity index (χ0n) is 20.1. The molecule has 0 aromatic carbocycles. The lowest BCUT2D eigenvalue weighted by atomic mass is 9.56. The van der Waals surface area contributed by atoms with Crippen LogP contribution in [0.25, 0.3) is 0 Å². The van der Waals surface area contributed by atoms with Crippen LogP contribution in [-0.2, 0) is 16.3 Å². The van der Waals surface area contributed by atoms with Crippen LogP contribution in [0.4, 0.5) is 4.79 Å². The number of nitrogens with zero attached hydrogens (tertiary/aromatic N) is 6. The van der Waals surface area contributed by atoms with Gasteiger partial charge in [-0.15, -0.1) is 0 Å². The number of rotatable bonds is 5. The van der Waals surface area contributed by atoms with Gasteiger partial charge >= 0.3 is 6.03 Å². The van der Waals surface area contributed by atoms with Gasteiger partial charge < -0.3 is 9.80 Å². The summed E-state index contributed by atoms with van der Waals surface area (Å²) >= 11 is 0. The number of aromatic nitrogens is 4. The minimum atomic E-state index is -3.23. The molecule has 9 nitrogen and oxygen atoms in total. The monoisotopic (exact) mass is 496 g/mol. The van der Waals surface area contributed by atoms with E-state index in [-0.39, 0.29) is 11.4 Å². The van der Waals surface area contributed by atoms with Gasteiger partial charge in [0, 0.05) is 61.6 Å². The molecule has 0 bridgehead atoms. The van der Waals surface area contributed by atoms with E-state index in [4.69, 9.17) is 0 Å². The van der Waals surface area contributed by atoms with Crippen molar-refractivity contribution in [3.63, 3.8) is 0 Å². The zero-order valence-corrected chi connectivity index (χ0v) is 21.0. The standard InChI is InChI=1S/C25H32N6O3S/c1-35(33,34)21-5-17(10-26-11-21)4-18-6-24(7-18)12-29(13-24)23(32)30-14-25(15-30)8-20(9-25)31-16-27-22(28-31)19-2-3-19/h5,10-11,16,18-20H,2-4,6-9,12-15H2,1H3. The Morgan fingerprint density at radius 2 is 1.69 bits per heavy atom. The maximum Gasteiger partial charge on any atom is 0.320 e. The molecule has 35 heavy (non-hydrogen) atoms. The summed E-state index contributed by atoms with van der Waals surface area (Å²) in [5, 5.41) is 4.69. The Kier molecular flexibility index (Phi) is 4.52. The third-order valence-electron chi connectivity index (χ3n) is 8.99. The minimum Gasteiger partial charge on any atom is -0.323 e. The number of urea groups is 1. The van der Waals surface area contributed by atoms with E-state index in [9.17, 15) is 13.2 Å². The number of hydrogen-bond acceptors (Lipinski definition) is 6. The molecule has 7 rings (SSSR count). The highest BCUT2D eigenvalue weighted by atomic mass is 32.2. The van der Waals surface area contributed by atoms with Gasteiger partial charge in [0.25, 0.3) is 0 Å². The first-order chi connectivity index (χ1) is 16.7. The lowest BCUT2D eigenvalue weighted by Gasteiger charge is -2.63. The fourth-order valence-corrected chi connectivity index (χ4v) is 7.67. The average molecular weight is 497 g/mol.